The van der Waals surface area contributed by atoms with E-state index in [1.54, 1.807) is 0 Å². The van der Waals surface area contributed by atoms with Gasteiger partial charge in [-0.3, -0.25) is 4.79 Å². The van der Waals surface area contributed by atoms with Crippen molar-refractivity contribution < 1.29 is 36.3 Å². The summed E-state index contributed by atoms with van der Waals surface area (Å²) in [6.45, 7) is 0.143. The molecule has 0 atom stereocenters. The van der Waals surface area contributed by atoms with Crippen LogP contribution in [0.25, 0.3) is 0 Å². The maximum atomic E-state index is 13.6. The number of carbonyl (C=O) groups is 2. The number of carbonyl (C=O) groups excluding carboxylic acids is 2. The molecule has 1 aliphatic heterocycles. The standard InChI is InChI=1S/C19H17ClF2N2O6S/c20-15-4-2-13(31(27,28)24-5-7-29-8-6-24)10-17(15)23-18(25)11-30-19(26)14-3-1-12(21)9-16(14)22/h1-4,9-10H,5-8,11H2,(H,23,25). The van der Waals surface area contributed by atoms with Gasteiger partial charge in [0.2, 0.25) is 10.0 Å². The lowest BCUT2D eigenvalue weighted by atomic mass is 10.2. The Balaban J connectivity index is 1.67. The third kappa shape index (κ3) is 5.56. The Hall–Kier alpha value is -2.60. The third-order valence-electron chi connectivity index (χ3n) is 4.31. The van der Waals surface area contributed by atoms with Crippen molar-refractivity contribution in [2.24, 2.45) is 0 Å². The average Bonchev–Trinajstić information content (AvgIpc) is 2.74. The molecule has 1 aliphatic rings. The minimum atomic E-state index is -3.82. The van der Waals surface area contributed by atoms with Crippen LogP contribution in [0.3, 0.4) is 0 Å². The highest BCUT2D eigenvalue weighted by molar-refractivity contribution is 7.89. The molecule has 0 aromatic heterocycles. The van der Waals surface area contributed by atoms with Crippen molar-refractivity contribution in [2.45, 2.75) is 4.90 Å². The van der Waals surface area contributed by atoms with E-state index in [0.717, 1.165) is 12.1 Å². The van der Waals surface area contributed by atoms with E-state index in [2.05, 4.69) is 5.32 Å². The van der Waals surface area contributed by atoms with E-state index in [0.29, 0.717) is 6.07 Å². The molecule has 3 rings (SSSR count). The number of benzene rings is 2. The quantitative estimate of drug-likeness (QED) is 0.645. The fourth-order valence-corrected chi connectivity index (χ4v) is 4.35. The predicted molar refractivity (Wildman–Crippen MR) is 106 cm³/mol. The van der Waals surface area contributed by atoms with Gasteiger partial charge in [-0.05, 0) is 30.3 Å². The molecule has 1 amide bonds. The minimum Gasteiger partial charge on any atom is -0.452 e. The van der Waals surface area contributed by atoms with Gasteiger partial charge in [0.25, 0.3) is 5.91 Å². The van der Waals surface area contributed by atoms with Crippen molar-refractivity contribution in [1.82, 2.24) is 4.31 Å². The number of hydrogen-bond donors (Lipinski definition) is 1. The molecule has 2 aromatic rings. The Morgan fingerprint density at radius 1 is 1.13 bits per heavy atom. The van der Waals surface area contributed by atoms with Crippen LogP contribution in [-0.4, -0.2) is 57.5 Å². The zero-order valence-corrected chi connectivity index (χ0v) is 17.5. The molecule has 31 heavy (non-hydrogen) atoms. The summed E-state index contributed by atoms with van der Waals surface area (Å²) < 4.78 is 63.1. The number of halogens is 3. The zero-order valence-electron chi connectivity index (χ0n) is 15.9. The SMILES string of the molecule is O=C(COC(=O)c1ccc(F)cc1F)Nc1cc(S(=O)(=O)N2CCOCC2)ccc1Cl. The van der Waals surface area contributed by atoms with Crippen LogP contribution in [-0.2, 0) is 24.3 Å². The highest BCUT2D eigenvalue weighted by Gasteiger charge is 2.27. The van der Waals surface area contributed by atoms with Gasteiger partial charge in [-0.2, -0.15) is 4.31 Å². The van der Waals surface area contributed by atoms with Crippen LogP contribution in [0, 0.1) is 11.6 Å². The fourth-order valence-electron chi connectivity index (χ4n) is 2.75. The smallest absolute Gasteiger partial charge is 0.341 e. The van der Waals surface area contributed by atoms with Crippen molar-refractivity contribution >= 4 is 39.2 Å². The van der Waals surface area contributed by atoms with Gasteiger partial charge < -0.3 is 14.8 Å². The first-order chi connectivity index (χ1) is 14.7. The number of rotatable bonds is 6. The molecule has 12 heteroatoms. The number of sulfonamides is 1. The molecule has 0 saturated carbocycles. The molecule has 0 radical (unpaired) electrons. The highest BCUT2D eigenvalue weighted by Crippen LogP contribution is 2.27. The summed E-state index contributed by atoms with van der Waals surface area (Å²) >= 11 is 6.03. The maximum Gasteiger partial charge on any atom is 0.341 e. The molecule has 2 aromatic carbocycles. The number of morpholine rings is 1. The molecule has 1 saturated heterocycles. The van der Waals surface area contributed by atoms with Gasteiger partial charge in [0.05, 0.1) is 34.4 Å². The number of anilines is 1. The maximum absolute atomic E-state index is 13.6. The zero-order chi connectivity index (χ0) is 22.6. The molecule has 0 aliphatic carbocycles. The molecule has 0 spiro atoms. The first-order valence-corrected chi connectivity index (χ1v) is 10.8. The van der Waals surface area contributed by atoms with Crippen molar-refractivity contribution in [3.63, 3.8) is 0 Å². The number of amides is 1. The first-order valence-electron chi connectivity index (χ1n) is 8.98. The topological polar surface area (TPSA) is 102 Å². The van der Waals surface area contributed by atoms with Crippen molar-refractivity contribution in [3.8, 4) is 0 Å². The summed E-state index contributed by atoms with van der Waals surface area (Å²) in [6.07, 6.45) is 0. The molecule has 0 unspecified atom stereocenters. The Labute approximate surface area is 181 Å². The van der Waals surface area contributed by atoms with E-state index < -0.39 is 45.7 Å². The second-order valence-electron chi connectivity index (χ2n) is 6.41. The number of nitrogens with one attached hydrogen (secondary N) is 1. The van der Waals surface area contributed by atoms with E-state index in [4.69, 9.17) is 21.1 Å². The van der Waals surface area contributed by atoms with Gasteiger partial charge in [-0.1, -0.05) is 11.6 Å². The summed E-state index contributed by atoms with van der Waals surface area (Å²) in [5.41, 5.74) is -0.546. The summed E-state index contributed by atoms with van der Waals surface area (Å²) in [4.78, 5) is 23.9. The monoisotopic (exact) mass is 474 g/mol. The molecule has 1 N–H and O–H groups in total. The van der Waals surface area contributed by atoms with Crippen LogP contribution >= 0.6 is 11.6 Å². The molecule has 1 heterocycles. The third-order valence-corrected chi connectivity index (χ3v) is 6.53. The summed E-state index contributed by atoms with van der Waals surface area (Å²) in [5, 5.41) is 2.41. The number of esters is 1. The van der Waals surface area contributed by atoms with Crippen LogP contribution in [0.15, 0.2) is 41.3 Å². The van der Waals surface area contributed by atoms with Crippen molar-refractivity contribution in [3.05, 3.63) is 58.6 Å². The van der Waals surface area contributed by atoms with Gasteiger partial charge in [-0.25, -0.2) is 22.0 Å². The summed E-state index contributed by atoms with van der Waals surface area (Å²) in [5.74, 6) is -4.00. The second kappa shape index (κ2) is 9.69. The minimum absolute atomic E-state index is 0.00925. The lowest BCUT2D eigenvalue weighted by molar-refractivity contribution is -0.119. The number of hydrogen-bond acceptors (Lipinski definition) is 6. The Morgan fingerprint density at radius 3 is 2.52 bits per heavy atom. The van der Waals surface area contributed by atoms with E-state index in [1.165, 1.54) is 22.5 Å². The van der Waals surface area contributed by atoms with E-state index in [-0.39, 0.29) is 41.9 Å². The Morgan fingerprint density at radius 2 is 1.84 bits per heavy atom. The largest absolute Gasteiger partial charge is 0.452 e. The van der Waals surface area contributed by atoms with Crippen LogP contribution in [0.5, 0.6) is 0 Å². The second-order valence-corrected chi connectivity index (χ2v) is 8.75. The molecule has 166 valence electrons. The lowest BCUT2D eigenvalue weighted by Gasteiger charge is -2.26. The summed E-state index contributed by atoms with van der Waals surface area (Å²) in [7, 11) is -3.82. The lowest BCUT2D eigenvalue weighted by Crippen LogP contribution is -2.40. The molecule has 8 nitrogen and oxygen atoms in total. The molecular weight excluding hydrogens is 458 g/mol. The molecule has 1 fully saturated rings. The average molecular weight is 475 g/mol. The van der Waals surface area contributed by atoms with E-state index in [1.807, 2.05) is 0 Å². The van der Waals surface area contributed by atoms with Gasteiger partial charge in [0.1, 0.15) is 11.6 Å². The Kier molecular flexibility index (Phi) is 7.21. The van der Waals surface area contributed by atoms with Gasteiger partial charge in [0.15, 0.2) is 6.61 Å². The van der Waals surface area contributed by atoms with Crippen LogP contribution in [0.2, 0.25) is 5.02 Å². The predicted octanol–water partition coefficient (Wildman–Crippen LogP) is 2.43. The van der Waals surface area contributed by atoms with Gasteiger partial charge in [0, 0.05) is 19.2 Å². The molecule has 0 bridgehead atoms. The first kappa shape index (κ1) is 23.1. The van der Waals surface area contributed by atoms with E-state index in [9.17, 15) is 26.8 Å². The number of ether oxygens (including phenoxy) is 2. The van der Waals surface area contributed by atoms with Crippen molar-refractivity contribution in [2.75, 3.05) is 38.2 Å². The number of nitrogens with zero attached hydrogens (tertiary/aromatic N) is 1. The van der Waals surface area contributed by atoms with E-state index >= 15 is 0 Å². The Bertz CT molecular complexity index is 1110. The van der Waals surface area contributed by atoms with Gasteiger partial charge in [-0.15, -0.1) is 0 Å². The van der Waals surface area contributed by atoms with Gasteiger partial charge >= 0.3 is 5.97 Å². The normalized spacial score (nSPS) is 14.8. The van der Waals surface area contributed by atoms with Crippen molar-refractivity contribution in [1.29, 1.82) is 0 Å². The van der Waals surface area contributed by atoms with Crippen LogP contribution in [0.1, 0.15) is 10.4 Å². The fraction of sp³-hybridized carbons (Fsp3) is 0.263. The highest BCUT2D eigenvalue weighted by atomic mass is 35.5. The molecular formula is C19H17ClF2N2O6S. The van der Waals surface area contributed by atoms with Crippen LogP contribution in [0.4, 0.5) is 14.5 Å². The van der Waals surface area contributed by atoms with Crippen LogP contribution < -0.4 is 5.32 Å². The summed E-state index contributed by atoms with van der Waals surface area (Å²) in [6, 6.07) is 6.08.